The molecular formula is C7H14N2O4. The maximum Gasteiger partial charge on any atom is 0.359 e. The first-order valence-corrected chi connectivity index (χ1v) is 3.82. The molecule has 0 aromatic carbocycles. The number of aliphatic hydroxyl groups is 1. The molecule has 6 nitrogen and oxygen atoms in total. The monoisotopic (exact) mass is 190 g/mol. The van der Waals surface area contributed by atoms with Gasteiger partial charge in [-0.15, -0.1) is 0 Å². The van der Waals surface area contributed by atoms with Crippen molar-refractivity contribution in [3.05, 3.63) is 0 Å². The van der Waals surface area contributed by atoms with Crippen LogP contribution in [0.2, 0.25) is 0 Å². The number of rotatable bonds is 4. The minimum Gasteiger partial charge on any atom is -0.465 e. The van der Waals surface area contributed by atoms with Crippen molar-refractivity contribution in [2.24, 2.45) is 5.73 Å². The van der Waals surface area contributed by atoms with Crippen LogP contribution in [0.3, 0.4) is 0 Å². The van der Waals surface area contributed by atoms with Gasteiger partial charge in [0.05, 0.1) is 13.7 Å². The summed E-state index contributed by atoms with van der Waals surface area (Å²) >= 11 is 0. The Balaban J connectivity index is 4.45. The van der Waals surface area contributed by atoms with Crippen molar-refractivity contribution in [2.75, 3.05) is 13.7 Å². The summed E-state index contributed by atoms with van der Waals surface area (Å²) < 4.78 is 4.31. The molecule has 0 saturated heterocycles. The number of hydrogen-bond acceptors (Lipinski definition) is 5. The lowest BCUT2D eigenvalue weighted by Crippen LogP contribution is -2.56. The number of nitrogens with two attached hydrogens (primary N) is 1. The molecule has 1 atom stereocenters. The van der Waals surface area contributed by atoms with E-state index in [0.717, 1.165) is 7.11 Å². The van der Waals surface area contributed by atoms with Crippen molar-refractivity contribution in [3.8, 4) is 0 Å². The van der Waals surface area contributed by atoms with Gasteiger partial charge in [0, 0.05) is 6.42 Å². The smallest absolute Gasteiger partial charge is 0.359 e. The quantitative estimate of drug-likeness (QED) is 0.363. The topological polar surface area (TPSA) is 102 Å². The number of carbonyl (C=O) groups excluding carboxylic acids is 2. The van der Waals surface area contributed by atoms with Crippen molar-refractivity contribution in [2.45, 2.75) is 19.1 Å². The SMILES string of the molecule is CCC(O)(NC(=O)CN)C(=O)OC. The van der Waals surface area contributed by atoms with Crippen LogP contribution in [-0.4, -0.2) is 36.4 Å². The van der Waals surface area contributed by atoms with Crippen molar-refractivity contribution in [1.82, 2.24) is 5.32 Å². The van der Waals surface area contributed by atoms with Crippen LogP contribution >= 0.6 is 0 Å². The summed E-state index contributed by atoms with van der Waals surface area (Å²) in [6.07, 6.45) is 0.0193. The minimum atomic E-state index is -1.97. The molecule has 0 aliphatic carbocycles. The van der Waals surface area contributed by atoms with Gasteiger partial charge in [-0.3, -0.25) is 4.79 Å². The number of hydrogen-bond donors (Lipinski definition) is 3. The zero-order valence-electron chi connectivity index (χ0n) is 7.66. The summed E-state index contributed by atoms with van der Waals surface area (Å²) in [5.41, 5.74) is 3.03. The molecule has 0 saturated carbocycles. The van der Waals surface area contributed by atoms with Gasteiger partial charge in [-0.25, -0.2) is 4.79 Å². The molecule has 76 valence electrons. The van der Waals surface area contributed by atoms with E-state index in [-0.39, 0.29) is 13.0 Å². The lowest BCUT2D eigenvalue weighted by Gasteiger charge is -2.24. The summed E-state index contributed by atoms with van der Waals surface area (Å²) in [7, 11) is 1.12. The van der Waals surface area contributed by atoms with Gasteiger partial charge in [0.1, 0.15) is 0 Å². The Hall–Kier alpha value is -1.14. The van der Waals surface area contributed by atoms with Crippen LogP contribution in [0, 0.1) is 0 Å². The van der Waals surface area contributed by atoms with Crippen LogP contribution in [0.15, 0.2) is 0 Å². The van der Waals surface area contributed by atoms with E-state index in [0.29, 0.717) is 0 Å². The van der Waals surface area contributed by atoms with Crippen LogP contribution in [0.5, 0.6) is 0 Å². The maximum absolute atomic E-state index is 11.0. The first-order chi connectivity index (χ1) is 6.00. The molecule has 0 spiro atoms. The molecule has 0 aromatic heterocycles. The average Bonchev–Trinajstić information content (AvgIpc) is 2.15. The second-order valence-corrected chi connectivity index (χ2v) is 2.46. The number of nitrogens with one attached hydrogen (secondary N) is 1. The average molecular weight is 190 g/mol. The van der Waals surface area contributed by atoms with E-state index in [9.17, 15) is 14.7 Å². The third-order valence-corrected chi connectivity index (χ3v) is 1.57. The third kappa shape index (κ3) is 3.00. The highest BCUT2D eigenvalue weighted by Gasteiger charge is 2.36. The summed E-state index contributed by atoms with van der Waals surface area (Å²) in [5.74, 6) is -1.52. The van der Waals surface area contributed by atoms with E-state index < -0.39 is 17.6 Å². The molecule has 13 heavy (non-hydrogen) atoms. The maximum atomic E-state index is 11.0. The molecule has 0 radical (unpaired) electrons. The van der Waals surface area contributed by atoms with Crippen LogP contribution in [-0.2, 0) is 14.3 Å². The van der Waals surface area contributed by atoms with Crippen LogP contribution in [0.25, 0.3) is 0 Å². The normalized spacial score (nSPS) is 14.5. The summed E-state index contributed by atoms with van der Waals surface area (Å²) in [6, 6.07) is 0. The number of ether oxygens (including phenoxy) is 1. The Morgan fingerprint density at radius 2 is 2.15 bits per heavy atom. The van der Waals surface area contributed by atoms with Crippen LogP contribution in [0.4, 0.5) is 0 Å². The van der Waals surface area contributed by atoms with Crippen molar-refractivity contribution in [3.63, 3.8) is 0 Å². The molecular weight excluding hydrogens is 176 g/mol. The molecule has 0 heterocycles. The first-order valence-electron chi connectivity index (χ1n) is 3.82. The van der Waals surface area contributed by atoms with Crippen LogP contribution < -0.4 is 11.1 Å². The zero-order valence-corrected chi connectivity index (χ0v) is 7.66. The minimum absolute atomic E-state index is 0.0193. The Morgan fingerprint density at radius 1 is 1.62 bits per heavy atom. The van der Waals surface area contributed by atoms with Crippen LogP contribution in [0.1, 0.15) is 13.3 Å². The molecule has 0 aliphatic rings. The summed E-state index contributed by atoms with van der Waals surface area (Å²) in [4.78, 5) is 21.8. The largest absolute Gasteiger partial charge is 0.465 e. The summed E-state index contributed by atoms with van der Waals surface area (Å²) in [6.45, 7) is 1.24. The number of esters is 1. The highest BCUT2D eigenvalue weighted by Crippen LogP contribution is 2.07. The Labute approximate surface area is 76.0 Å². The lowest BCUT2D eigenvalue weighted by molar-refractivity contribution is -0.169. The van der Waals surface area contributed by atoms with Gasteiger partial charge < -0.3 is 20.9 Å². The highest BCUT2D eigenvalue weighted by atomic mass is 16.5. The standard InChI is InChI=1S/C7H14N2O4/c1-3-7(12,6(11)13-2)9-5(10)4-8/h12H,3-4,8H2,1-2H3,(H,9,10). The zero-order chi connectivity index (χ0) is 10.5. The second kappa shape index (κ2) is 4.78. The molecule has 4 N–H and O–H groups in total. The van der Waals surface area contributed by atoms with Crippen molar-refractivity contribution in [1.29, 1.82) is 0 Å². The molecule has 0 aromatic rings. The van der Waals surface area contributed by atoms with E-state index >= 15 is 0 Å². The number of carbonyl (C=O) groups is 2. The Kier molecular flexibility index (Phi) is 4.36. The third-order valence-electron chi connectivity index (χ3n) is 1.57. The molecule has 0 aliphatic heterocycles. The van der Waals surface area contributed by atoms with Gasteiger partial charge in [0.15, 0.2) is 0 Å². The molecule has 6 heteroatoms. The van der Waals surface area contributed by atoms with Crippen molar-refractivity contribution >= 4 is 11.9 Å². The molecule has 0 rings (SSSR count). The molecule has 0 fully saturated rings. The van der Waals surface area contributed by atoms with Gasteiger partial charge in [0.2, 0.25) is 11.6 Å². The predicted molar refractivity (Wildman–Crippen MR) is 44.5 cm³/mol. The van der Waals surface area contributed by atoms with E-state index in [1.807, 2.05) is 0 Å². The Bertz CT molecular complexity index is 207. The van der Waals surface area contributed by atoms with Gasteiger partial charge in [-0.05, 0) is 0 Å². The molecule has 1 amide bonds. The number of amides is 1. The van der Waals surface area contributed by atoms with E-state index in [1.54, 1.807) is 0 Å². The number of methoxy groups -OCH3 is 1. The molecule has 1 unspecified atom stereocenters. The van der Waals surface area contributed by atoms with E-state index in [1.165, 1.54) is 6.92 Å². The fraction of sp³-hybridized carbons (Fsp3) is 0.714. The van der Waals surface area contributed by atoms with E-state index in [4.69, 9.17) is 5.73 Å². The second-order valence-electron chi connectivity index (χ2n) is 2.46. The predicted octanol–water partition coefficient (Wildman–Crippen LogP) is -1.67. The highest BCUT2D eigenvalue weighted by molar-refractivity contribution is 5.87. The van der Waals surface area contributed by atoms with Gasteiger partial charge in [0.25, 0.3) is 0 Å². The molecule has 0 bridgehead atoms. The first kappa shape index (κ1) is 11.9. The van der Waals surface area contributed by atoms with Crippen molar-refractivity contribution < 1.29 is 19.4 Å². The van der Waals surface area contributed by atoms with Gasteiger partial charge in [-0.1, -0.05) is 6.92 Å². The van der Waals surface area contributed by atoms with Gasteiger partial charge >= 0.3 is 5.97 Å². The Morgan fingerprint density at radius 3 is 2.46 bits per heavy atom. The lowest BCUT2D eigenvalue weighted by atomic mass is 10.1. The fourth-order valence-corrected chi connectivity index (χ4v) is 0.734. The van der Waals surface area contributed by atoms with Gasteiger partial charge in [-0.2, -0.15) is 0 Å². The fourth-order valence-electron chi connectivity index (χ4n) is 0.734. The van der Waals surface area contributed by atoms with E-state index in [2.05, 4.69) is 10.1 Å². The summed E-state index contributed by atoms with van der Waals surface area (Å²) in [5, 5.41) is 11.6.